The molecule has 1 N–H and O–H groups in total. The second kappa shape index (κ2) is 6.14. The number of carbonyl (C=O) groups is 1. The first-order valence-electron chi connectivity index (χ1n) is 6.48. The van der Waals surface area contributed by atoms with E-state index < -0.39 is 6.04 Å². The van der Waals surface area contributed by atoms with Crippen molar-refractivity contribution < 1.29 is 4.79 Å². The van der Waals surface area contributed by atoms with Crippen LogP contribution in [0.15, 0.2) is 30.3 Å². The molecule has 1 heterocycles. The fraction of sp³-hybridized carbons (Fsp3) is 0.385. The number of nitrogens with zero attached hydrogens (tertiary/aromatic N) is 5. The van der Waals surface area contributed by atoms with Gasteiger partial charge in [-0.15, -0.1) is 0 Å². The quantitative estimate of drug-likeness (QED) is 0.878. The highest BCUT2D eigenvalue weighted by Gasteiger charge is 2.19. The zero-order chi connectivity index (χ0) is 14.5. The van der Waals surface area contributed by atoms with Crippen LogP contribution in [-0.2, 0) is 4.79 Å². The van der Waals surface area contributed by atoms with E-state index in [0.717, 1.165) is 5.69 Å². The number of aromatic nitrogens is 4. The van der Waals surface area contributed by atoms with Gasteiger partial charge < -0.3 is 10.2 Å². The molecule has 7 nitrogen and oxygen atoms in total. The normalized spacial score (nSPS) is 11.9. The highest BCUT2D eigenvalue weighted by atomic mass is 16.2. The number of carbonyl (C=O) groups excluding carboxylic acids is 1. The smallest absolute Gasteiger partial charge is 0.248 e. The molecule has 1 atom stereocenters. The maximum Gasteiger partial charge on any atom is 0.248 e. The van der Waals surface area contributed by atoms with Crippen molar-refractivity contribution >= 4 is 11.9 Å². The molecule has 0 bridgehead atoms. The van der Waals surface area contributed by atoms with Crippen molar-refractivity contribution in [3.05, 3.63) is 30.3 Å². The topological polar surface area (TPSA) is 75.9 Å². The SMILES string of the molecule is CCN(C)C(=O)C(C)Nc1nnnn1-c1ccccc1. The predicted octanol–water partition coefficient (Wildman–Crippen LogP) is 0.941. The molecule has 0 aliphatic carbocycles. The number of benzene rings is 1. The van der Waals surface area contributed by atoms with Gasteiger partial charge in [0.25, 0.3) is 0 Å². The Morgan fingerprint density at radius 2 is 2.10 bits per heavy atom. The van der Waals surface area contributed by atoms with Crippen LogP contribution in [0, 0.1) is 0 Å². The second-order valence-corrected chi connectivity index (χ2v) is 4.47. The molecular formula is C13H18N6O. The minimum Gasteiger partial charge on any atom is -0.344 e. The molecule has 1 aromatic heterocycles. The molecule has 0 radical (unpaired) electrons. The van der Waals surface area contributed by atoms with Gasteiger partial charge in [0.05, 0.1) is 5.69 Å². The number of hydrogen-bond donors (Lipinski definition) is 1. The van der Waals surface area contributed by atoms with Crippen LogP contribution in [-0.4, -0.2) is 50.6 Å². The molecule has 0 spiro atoms. The lowest BCUT2D eigenvalue weighted by Gasteiger charge is -2.20. The Labute approximate surface area is 117 Å². The summed E-state index contributed by atoms with van der Waals surface area (Å²) < 4.78 is 1.57. The average Bonchev–Trinajstić information content (AvgIpc) is 2.94. The van der Waals surface area contributed by atoms with E-state index in [1.54, 1.807) is 23.6 Å². The number of tetrazole rings is 1. The lowest BCUT2D eigenvalue weighted by molar-refractivity contribution is -0.130. The molecule has 0 aliphatic rings. The molecule has 0 fully saturated rings. The van der Waals surface area contributed by atoms with Crippen LogP contribution >= 0.6 is 0 Å². The number of rotatable bonds is 5. The fourth-order valence-corrected chi connectivity index (χ4v) is 1.76. The maximum absolute atomic E-state index is 12.0. The van der Waals surface area contributed by atoms with Crippen molar-refractivity contribution in [2.45, 2.75) is 19.9 Å². The van der Waals surface area contributed by atoms with E-state index in [-0.39, 0.29) is 5.91 Å². The first-order chi connectivity index (χ1) is 9.63. The van der Waals surface area contributed by atoms with Gasteiger partial charge in [-0.05, 0) is 36.4 Å². The van der Waals surface area contributed by atoms with Crippen LogP contribution in [0.25, 0.3) is 5.69 Å². The van der Waals surface area contributed by atoms with Crippen molar-refractivity contribution in [3.63, 3.8) is 0 Å². The number of para-hydroxylation sites is 1. The van der Waals surface area contributed by atoms with Crippen LogP contribution < -0.4 is 5.32 Å². The Morgan fingerprint density at radius 1 is 1.40 bits per heavy atom. The molecule has 20 heavy (non-hydrogen) atoms. The van der Waals surface area contributed by atoms with Gasteiger partial charge in [0.2, 0.25) is 11.9 Å². The van der Waals surface area contributed by atoms with Crippen LogP contribution in [0.4, 0.5) is 5.95 Å². The Bertz CT molecular complexity index is 567. The summed E-state index contributed by atoms with van der Waals surface area (Å²) in [4.78, 5) is 13.7. The largest absolute Gasteiger partial charge is 0.344 e. The summed E-state index contributed by atoms with van der Waals surface area (Å²) in [5.74, 6) is 0.441. The predicted molar refractivity (Wildman–Crippen MR) is 75.5 cm³/mol. The first kappa shape index (κ1) is 14.0. The van der Waals surface area contributed by atoms with Crippen LogP contribution in [0.5, 0.6) is 0 Å². The van der Waals surface area contributed by atoms with Crippen LogP contribution in [0.3, 0.4) is 0 Å². The molecule has 1 aromatic carbocycles. The van der Waals surface area contributed by atoms with Gasteiger partial charge in [0, 0.05) is 13.6 Å². The van der Waals surface area contributed by atoms with Crippen molar-refractivity contribution in [1.29, 1.82) is 0 Å². The van der Waals surface area contributed by atoms with E-state index in [0.29, 0.717) is 12.5 Å². The molecule has 0 saturated carbocycles. The Hall–Kier alpha value is -2.44. The molecule has 2 rings (SSSR count). The highest BCUT2D eigenvalue weighted by Crippen LogP contribution is 2.11. The summed E-state index contributed by atoms with van der Waals surface area (Å²) in [6.45, 7) is 4.38. The van der Waals surface area contributed by atoms with Crippen molar-refractivity contribution in [1.82, 2.24) is 25.1 Å². The van der Waals surface area contributed by atoms with Gasteiger partial charge in [0.15, 0.2) is 0 Å². The second-order valence-electron chi connectivity index (χ2n) is 4.47. The van der Waals surface area contributed by atoms with Gasteiger partial charge >= 0.3 is 0 Å². The summed E-state index contributed by atoms with van der Waals surface area (Å²) >= 11 is 0. The summed E-state index contributed by atoms with van der Waals surface area (Å²) in [6.07, 6.45) is 0. The third-order valence-corrected chi connectivity index (χ3v) is 3.04. The monoisotopic (exact) mass is 274 g/mol. The molecule has 2 aromatic rings. The van der Waals surface area contributed by atoms with Gasteiger partial charge in [0.1, 0.15) is 6.04 Å². The zero-order valence-corrected chi connectivity index (χ0v) is 11.8. The van der Waals surface area contributed by atoms with Gasteiger partial charge in [-0.3, -0.25) is 4.79 Å². The number of anilines is 1. The molecule has 106 valence electrons. The zero-order valence-electron chi connectivity index (χ0n) is 11.8. The molecule has 1 unspecified atom stereocenters. The fourth-order valence-electron chi connectivity index (χ4n) is 1.76. The van der Waals surface area contributed by atoms with E-state index in [4.69, 9.17) is 0 Å². The van der Waals surface area contributed by atoms with Crippen LogP contribution in [0.1, 0.15) is 13.8 Å². The summed E-state index contributed by atoms with van der Waals surface area (Å²) in [6, 6.07) is 9.12. The maximum atomic E-state index is 12.0. The lowest BCUT2D eigenvalue weighted by atomic mass is 10.3. The van der Waals surface area contributed by atoms with Crippen molar-refractivity contribution in [2.24, 2.45) is 0 Å². The van der Waals surface area contributed by atoms with E-state index in [9.17, 15) is 4.79 Å². The van der Waals surface area contributed by atoms with Crippen molar-refractivity contribution in [3.8, 4) is 5.69 Å². The third kappa shape index (κ3) is 2.93. The van der Waals surface area contributed by atoms with E-state index >= 15 is 0 Å². The first-order valence-corrected chi connectivity index (χ1v) is 6.48. The number of nitrogens with one attached hydrogen (secondary N) is 1. The lowest BCUT2D eigenvalue weighted by Crippen LogP contribution is -2.39. The Morgan fingerprint density at radius 3 is 2.75 bits per heavy atom. The molecule has 1 amide bonds. The van der Waals surface area contributed by atoms with E-state index in [1.165, 1.54) is 0 Å². The van der Waals surface area contributed by atoms with E-state index in [1.807, 2.05) is 37.3 Å². The van der Waals surface area contributed by atoms with Gasteiger partial charge in [-0.1, -0.05) is 23.3 Å². The molecule has 0 saturated heterocycles. The Kier molecular flexibility index (Phi) is 4.29. The minimum atomic E-state index is -0.395. The van der Waals surface area contributed by atoms with Crippen LogP contribution in [0.2, 0.25) is 0 Å². The summed E-state index contributed by atoms with van der Waals surface area (Å²) in [7, 11) is 1.76. The Balaban J connectivity index is 2.16. The minimum absolute atomic E-state index is 0.00453. The average molecular weight is 274 g/mol. The number of likely N-dealkylation sites (N-methyl/N-ethyl adjacent to an activating group) is 1. The van der Waals surface area contributed by atoms with Gasteiger partial charge in [-0.25, -0.2) is 0 Å². The van der Waals surface area contributed by atoms with Crippen molar-refractivity contribution in [2.75, 3.05) is 18.9 Å². The molecule has 0 aliphatic heterocycles. The van der Waals surface area contributed by atoms with Gasteiger partial charge in [-0.2, -0.15) is 4.68 Å². The highest BCUT2D eigenvalue weighted by molar-refractivity contribution is 5.83. The summed E-state index contributed by atoms with van der Waals surface area (Å²) in [5, 5.41) is 14.5. The number of hydrogen-bond acceptors (Lipinski definition) is 5. The van der Waals surface area contributed by atoms with E-state index in [2.05, 4.69) is 20.8 Å². The molecular weight excluding hydrogens is 256 g/mol. The molecule has 7 heteroatoms. The summed E-state index contributed by atoms with van der Waals surface area (Å²) in [5.41, 5.74) is 0.837. The third-order valence-electron chi connectivity index (χ3n) is 3.04. The number of amides is 1. The standard InChI is InChI=1S/C13H18N6O/c1-4-18(3)12(20)10(2)14-13-15-16-17-19(13)11-8-6-5-7-9-11/h5-10H,4H2,1-3H3,(H,14,15,17).